The minimum absolute atomic E-state index is 0.573. The van der Waals surface area contributed by atoms with Crippen LogP contribution >= 0.6 is 45.3 Å². The van der Waals surface area contributed by atoms with Crippen molar-refractivity contribution in [2.24, 2.45) is 0 Å². The van der Waals surface area contributed by atoms with Gasteiger partial charge in [0.1, 0.15) is 0 Å². The third-order valence-corrected chi connectivity index (χ3v) is 19.0. The molecule has 9 aromatic heterocycles. The van der Waals surface area contributed by atoms with Crippen molar-refractivity contribution < 1.29 is 0 Å². The van der Waals surface area contributed by atoms with Crippen molar-refractivity contribution in [1.82, 2.24) is 70.7 Å². The van der Waals surface area contributed by atoms with Gasteiger partial charge in [0.05, 0.1) is 47.6 Å². The molecule has 7 aliphatic rings. The highest BCUT2D eigenvalue weighted by molar-refractivity contribution is 7.17. The second kappa shape index (κ2) is 21.5. The van der Waals surface area contributed by atoms with Gasteiger partial charge in [-0.2, -0.15) is 20.4 Å². The summed E-state index contributed by atoms with van der Waals surface area (Å²) in [6.07, 6.45) is 36.3. The van der Waals surface area contributed by atoms with E-state index in [0.29, 0.717) is 24.1 Å². The van der Waals surface area contributed by atoms with Gasteiger partial charge in [0.15, 0.2) is 20.5 Å². The summed E-state index contributed by atoms with van der Waals surface area (Å²) in [5.41, 5.74) is 14.2. The van der Waals surface area contributed by atoms with E-state index in [1.807, 2.05) is 58.8 Å². The van der Waals surface area contributed by atoms with E-state index in [4.69, 9.17) is 15.0 Å². The van der Waals surface area contributed by atoms with E-state index >= 15 is 0 Å². The molecule has 8 N–H and O–H groups in total. The number of aryl methyl sites for hydroxylation is 8. The number of anilines is 5. The Morgan fingerprint density at radius 1 is 0.378 bits per heavy atom. The molecule has 22 heteroatoms. The van der Waals surface area contributed by atoms with Crippen LogP contribution in [0.4, 0.5) is 26.5 Å². The lowest BCUT2D eigenvalue weighted by atomic mass is 9.93. The summed E-state index contributed by atoms with van der Waals surface area (Å²) in [5.74, 6) is 0.573. The van der Waals surface area contributed by atoms with Crippen LogP contribution in [0.2, 0.25) is 0 Å². The Balaban J connectivity index is 0.0000000953. The van der Waals surface area contributed by atoms with Crippen molar-refractivity contribution in [3.63, 3.8) is 0 Å². The number of nitrogens with zero attached hydrogens (tertiary/aromatic N) is 10. The van der Waals surface area contributed by atoms with Crippen LogP contribution in [-0.4, -0.2) is 88.8 Å². The number of rotatable bonds is 8. The average molecular weight is 1070 g/mol. The molecule has 382 valence electrons. The lowest BCUT2D eigenvalue weighted by Crippen LogP contribution is -2.26. The summed E-state index contributed by atoms with van der Waals surface area (Å²) in [7, 11) is 0. The second-order valence-electron chi connectivity index (χ2n) is 20.1. The van der Waals surface area contributed by atoms with Crippen LogP contribution in [0.5, 0.6) is 0 Å². The minimum Gasteiger partial charge on any atom is -0.359 e. The molecule has 9 heterocycles. The molecule has 7 aliphatic carbocycles. The van der Waals surface area contributed by atoms with Crippen molar-refractivity contribution >= 4 is 71.8 Å². The first kappa shape index (κ1) is 47.4. The number of H-pyrrole nitrogens is 4. The van der Waals surface area contributed by atoms with E-state index < -0.39 is 0 Å². The first-order valence-electron chi connectivity index (χ1n) is 26.5. The molecule has 3 fully saturated rings. The molecule has 0 spiro atoms. The lowest BCUT2D eigenvalue weighted by Gasteiger charge is -2.25. The zero-order valence-corrected chi connectivity index (χ0v) is 44.5. The molecule has 0 aliphatic heterocycles. The molecule has 0 unspecified atom stereocenters. The zero-order valence-electron chi connectivity index (χ0n) is 41.2. The number of fused-ring (bicyclic) bond motifs is 12. The van der Waals surface area contributed by atoms with Crippen LogP contribution in [0.15, 0.2) is 43.2 Å². The highest BCUT2D eigenvalue weighted by Crippen LogP contribution is 2.41. The van der Waals surface area contributed by atoms with Crippen molar-refractivity contribution in [3.8, 4) is 45.0 Å². The monoisotopic (exact) mass is 1060 g/mol. The SMILES string of the molecule is c1cnc(Nc2nc3c(s2)CCCc2[nH]ncc2-3)nc1.c1n[nH]c2c1-c1nc(NC3CC3)sc1CCC2.c1n[nH]c2c1-c1nc(NC3CCC3)sc1CCC2.c1n[nH]c2c1-c1nc(NC3CCCC3)sc1CCC2. The van der Waals surface area contributed by atoms with Crippen LogP contribution in [-0.2, 0) is 51.4 Å². The second-order valence-corrected chi connectivity index (χ2v) is 24.5. The first-order chi connectivity index (χ1) is 36.6. The number of nitrogens with one attached hydrogen (secondary N) is 8. The Hall–Kier alpha value is -6.36. The lowest BCUT2D eigenvalue weighted by molar-refractivity contribution is 0.445. The van der Waals surface area contributed by atoms with Gasteiger partial charge in [-0.1, -0.05) is 12.8 Å². The van der Waals surface area contributed by atoms with Crippen molar-refractivity contribution in [2.75, 3.05) is 21.3 Å². The largest absolute Gasteiger partial charge is 0.359 e. The van der Waals surface area contributed by atoms with Crippen LogP contribution < -0.4 is 21.3 Å². The third-order valence-electron chi connectivity index (χ3n) is 14.8. The first-order valence-corrected chi connectivity index (χ1v) is 29.8. The fraction of sp³-hybridized carbons (Fsp3) is 0.462. The standard InChI is InChI=1S/C14H18N4S.C13H12N6S.C13H16N4S.C12H14N4S/c1-2-5-9(4-1)16-14-17-13-10-8-15-18-11(10)6-3-7-12(13)19-14;1-3-9-8(7-16-19-9)11-10(4-1)20-13(17-11)18-12-14-5-2-6-15-12;1-3-8(4-1)15-13-16-12-9-7-14-17-10(9)5-2-6-11(12)18-13;1-2-9-8(6-13-16-9)11-10(3-1)17-12(15-11)14-7-4-5-7/h8-9H,1-7H2,(H,15,18)(H,16,17);2,5-7H,1,3-4H2,(H,16,19)(H,14,15,17,18);7-8H,1-6H2,(H,14,17)(H,15,16);6-7H,1-5H2,(H,13,16)(H,14,15). The highest BCUT2D eigenvalue weighted by atomic mass is 32.1. The van der Waals surface area contributed by atoms with Crippen LogP contribution in [0.25, 0.3) is 45.0 Å². The maximum absolute atomic E-state index is 4.84. The molecule has 0 atom stereocenters. The number of hydrogen-bond acceptors (Lipinski definition) is 18. The number of aromatic amines is 4. The molecular formula is C52H60N18S4. The van der Waals surface area contributed by atoms with Gasteiger partial charge >= 0.3 is 0 Å². The summed E-state index contributed by atoms with van der Waals surface area (Å²) < 4.78 is 0. The molecule has 74 heavy (non-hydrogen) atoms. The molecule has 0 saturated heterocycles. The fourth-order valence-corrected chi connectivity index (χ4v) is 14.8. The van der Waals surface area contributed by atoms with Gasteiger partial charge in [0.25, 0.3) is 0 Å². The Bertz CT molecular complexity index is 3300. The van der Waals surface area contributed by atoms with Gasteiger partial charge in [0, 0.05) is 95.1 Å². The molecule has 3 saturated carbocycles. The zero-order chi connectivity index (χ0) is 49.2. The van der Waals surface area contributed by atoms with Crippen molar-refractivity contribution in [2.45, 2.75) is 153 Å². The van der Waals surface area contributed by atoms with E-state index in [2.05, 4.69) is 77.0 Å². The van der Waals surface area contributed by atoms with E-state index in [1.165, 1.54) is 136 Å². The topological polar surface area (TPSA) is 240 Å². The maximum atomic E-state index is 4.84. The Kier molecular flexibility index (Phi) is 13.7. The summed E-state index contributed by atoms with van der Waals surface area (Å²) in [6, 6.07) is 3.76. The predicted octanol–water partition coefficient (Wildman–Crippen LogP) is 11.5. The van der Waals surface area contributed by atoms with E-state index in [9.17, 15) is 0 Å². The molecule has 0 bridgehead atoms. The van der Waals surface area contributed by atoms with E-state index in [-0.39, 0.29) is 0 Å². The maximum Gasteiger partial charge on any atom is 0.228 e. The fourth-order valence-electron chi connectivity index (χ4n) is 10.5. The summed E-state index contributed by atoms with van der Waals surface area (Å²) in [4.78, 5) is 32.9. The van der Waals surface area contributed by atoms with Gasteiger partial charge in [-0.25, -0.2) is 29.9 Å². The summed E-state index contributed by atoms with van der Waals surface area (Å²) >= 11 is 7.15. The van der Waals surface area contributed by atoms with Crippen LogP contribution in [0.3, 0.4) is 0 Å². The molecule has 16 rings (SSSR count). The number of thiazole rings is 4. The van der Waals surface area contributed by atoms with E-state index in [1.54, 1.807) is 29.8 Å². The predicted molar refractivity (Wildman–Crippen MR) is 296 cm³/mol. The van der Waals surface area contributed by atoms with Crippen LogP contribution in [0, 0.1) is 0 Å². The normalized spacial score (nSPS) is 17.2. The number of hydrogen-bond donors (Lipinski definition) is 8. The van der Waals surface area contributed by atoms with E-state index in [0.717, 1.165) is 107 Å². The van der Waals surface area contributed by atoms with Gasteiger partial charge in [-0.05, 0) is 128 Å². The molecule has 18 nitrogen and oxygen atoms in total. The summed E-state index contributed by atoms with van der Waals surface area (Å²) in [5, 5.41) is 46.9. The Labute approximate surface area is 444 Å². The van der Waals surface area contributed by atoms with Gasteiger partial charge < -0.3 is 21.3 Å². The molecule has 0 aromatic carbocycles. The smallest absolute Gasteiger partial charge is 0.228 e. The third kappa shape index (κ3) is 10.5. The van der Waals surface area contributed by atoms with Crippen molar-refractivity contribution in [1.29, 1.82) is 0 Å². The number of aromatic nitrogens is 14. The molecule has 0 radical (unpaired) electrons. The highest BCUT2D eigenvalue weighted by Gasteiger charge is 2.28. The van der Waals surface area contributed by atoms with Gasteiger partial charge in [-0.3, -0.25) is 20.4 Å². The average Bonchev–Trinajstić information content (AvgIpc) is 4.24. The Morgan fingerprint density at radius 3 is 1.07 bits per heavy atom. The van der Waals surface area contributed by atoms with Crippen LogP contribution in [0.1, 0.15) is 126 Å². The minimum atomic E-state index is 0.573. The van der Waals surface area contributed by atoms with Gasteiger partial charge in [0.2, 0.25) is 5.95 Å². The van der Waals surface area contributed by atoms with Crippen molar-refractivity contribution in [3.05, 3.63) is 85.5 Å². The molecule has 9 aromatic rings. The molecular weight excluding hydrogens is 1000 g/mol. The molecule has 0 amide bonds. The Morgan fingerprint density at radius 2 is 0.716 bits per heavy atom. The summed E-state index contributed by atoms with van der Waals surface area (Å²) in [6.45, 7) is 0. The quantitative estimate of drug-likeness (QED) is 0.0706. The van der Waals surface area contributed by atoms with Gasteiger partial charge in [-0.15, -0.1) is 45.3 Å².